The highest BCUT2D eigenvalue weighted by molar-refractivity contribution is 7.85. The molecule has 0 fully saturated rings. The first-order valence-electron chi connectivity index (χ1n) is 22.8. The van der Waals surface area contributed by atoms with Crippen LogP contribution < -0.4 is 5.32 Å². The van der Waals surface area contributed by atoms with Crippen molar-refractivity contribution in [3.8, 4) is 0 Å². The fourth-order valence-corrected chi connectivity index (χ4v) is 7.17. The van der Waals surface area contributed by atoms with Crippen LogP contribution >= 0.6 is 0 Å². The molecule has 0 radical (unpaired) electrons. The highest BCUT2D eigenvalue weighted by atomic mass is 32.2. The number of amides is 1. The van der Waals surface area contributed by atoms with Crippen molar-refractivity contribution in [1.29, 1.82) is 0 Å². The molecule has 2 atom stereocenters. The maximum absolute atomic E-state index is 12.5. The van der Waals surface area contributed by atoms with E-state index >= 15 is 0 Å². The quantitative estimate of drug-likeness (QED) is 0.0325. The number of allylic oxidation sites excluding steroid dienone is 13. The summed E-state index contributed by atoms with van der Waals surface area (Å²) in [7, 11) is -4.37. The molecule has 0 bridgehead atoms. The molecule has 7 heteroatoms. The van der Waals surface area contributed by atoms with E-state index < -0.39 is 28.0 Å². The number of nitrogens with one attached hydrogen (secondary N) is 1. The maximum Gasteiger partial charge on any atom is 0.267 e. The molecule has 56 heavy (non-hydrogen) atoms. The molecular weight excluding hydrogens is 715 g/mol. The molecule has 0 aromatic heterocycles. The first-order chi connectivity index (χ1) is 27.3. The molecule has 2 unspecified atom stereocenters. The predicted octanol–water partition coefficient (Wildman–Crippen LogP) is 14.0. The Labute approximate surface area is 346 Å². The van der Waals surface area contributed by atoms with Crippen molar-refractivity contribution in [2.24, 2.45) is 0 Å². The van der Waals surface area contributed by atoms with E-state index in [4.69, 9.17) is 0 Å². The molecule has 3 N–H and O–H groups in total. The second-order valence-electron chi connectivity index (χ2n) is 15.3. The Hall–Kier alpha value is -2.48. The zero-order chi connectivity index (χ0) is 41.1. The highest BCUT2D eigenvalue weighted by Crippen LogP contribution is 2.14. The summed E-state index contributed by atoms with van der Waals surface area (Å²) in [6, 6.07) is -1.09. The van der Waals surface area contributed by atoms with Gasteiger partial charge in [-0.05, 0) is 77.0 Å². The van der Waals surface area contributed by atoms with Gasteiger partial charge in [-0.25, -0.2) is 0 Å². The summed E-state index contributed by atoms with van der Waals surface area (Å²) in [5, 5.41) is 13.2. The van der Waals surface area contributed by atoms with Gasteiger partial charge in [0.05, 0.1) is 17.9 Å². The average molecular weight is 800 g/mol. The molecular formula is C49H85NO5S. The van der Waals surface area contributed by atoms with Crippen molar-refractivity contribution in [3.63, 3.8) is 0 Å². The van der Waals surface area contributed by atoms with Gasteiger partial charge in [-0.2, -0.15) is 8.42 Å². The van der Waals surface area contributed by atoms with E-state index in [1.165, 1.54) is 96.0 Å². The zero-order valence-electron chi connectivity index (χ0n) is 36.0. The van der Waals surface area contributed by atoms with Gasteiger partial charge in [-0.3, -0.25) is 9.35 Å². The Balaban J connectivity index is 3.98. The van der Waals surface area contributed by atoms with Crippen molar-refractivity contribution >= 4 is 16.0 Å². The standard InChI is InChI=1S/C49H85NO5S/c1-3-5-7-9-11-13-15-17-19-21-23-25-27-29-31-33-35-37-39-41-43-45-49(52)50-47(46-56(53,54)55)48(51)44-42-40-38-36-34-32-30-28-26-24-22-20-18-16-14-12-10-8-6-4-2/h5,7,11,13,17,19,23,25,29,31,34,36,42,44,47-48,51H,3-4,6,8-10,12,14-16,18,20-22,24,26-28,30,32-33,35,37-41,43,45-46H2,1-2H3,(H,50,52)(H,53,54,55)/b7-5-,13-11-,19-17-,25-23-,31-29-,36-34+,44-42+. The van der Waals surface area contributed by atoms with Crippen LogP contribution in [0.15, 0.2) is 85.1 Å². The van der Waals surface area contributed by atoms with Gasteiger partial charge in [0, 0.05) is 6.42 Å². The van der Waals surface area contributed by atoms with Crippen LogP contribution in [0.25, 0.3) is 0 Å². The second-order valence-corrected chi connectivity index (χ2v) is 16.8. The number of unbranched alkanes of at least 4 members (excludes halogenated alkanes) is 20. The maximum atomic E-state index is 12.5. The predicted molar refractivity (Wildman–Crippen MR) is 244 cm³/mol. The molecule has 1 amide bonds. The Bertz CT molecular complexity index is 1200. The molecule has 0 aliphatic carbocycles. The number of carbonyl (C=O) groups is 1. The highest BCUT2D eigenvalue weighted by Gasteiger charge is 2.24. The number of hydrogen-bond acceptors (Lipinski definition) is 4. The molecule has 0 aromatic rings. The first-order valence-corrected chi connectivity index (χ1v) is 24.4. The number of carbonyl (C=O) groups excluding carboxylic acids is 1. The molecule has 0 aromatic carbocycles. The monoisotopic (exact) mass is 800 g/mol. The van der Waals surface area contributed by atoms with Gasteiger partial charge in [0.25, 0.3) is 10.1 Å². The third-order valence-corrected chi connectivity index (χ3v) is 10.6. The molecule has 0 rings (SSSR count). The van der Waals surface area contributed by atoms with Crippen LogP contribution in [0.5, 0.6) is 0 Å². The van der Waals surface area contributed by atoms with Crippen LogP contribution in [0, 0.1) is 0 Å². The SMILES string of the molecule is CC/C=C\C/C=C\C/C=C\C/C=C\C/C=C\CCCCCCCC(=O)NC(CS(=O)(=O)O)C(O)/C=C/CC/C=C/CCCCCCCCCCCCCCCC. The van der Waals surface area contributed by atoms with Crippen LogP contribution in [0.4, 0.5) is 0 Å². The van der Waals surface area contributed by atoms with Crippen molar-refractivity contribution in [3.05, 3.63) is 85.1 Å². The van der Waals surface area contributed by atoms with Gasteiger partial charge in [-0.1, -0.05) is 202 Å². The van der Waals surface area contributed by atoms with Gasteiger partial charge < -0.3 is 10.4 Å². The minimum atomic E-state index is -4.37. The van der Waals surface area contributed by atoms with E-state index in [-0.39, 0.29) is 12.3 Å². The molecule has 0 saturated carbocycles. The Morgan fingerprint density at radius 3 is 1.34 bits per heavy atom. The number of rotatable bonds is 40. The fraction of sp³-hybridized carbons (Fsp3) is 0.694. The summed E-state index contributed by atoms with van der Waals surface area (Å²) < 4.78 is 32.6. The lowest BCUT2D eigenvalue weighted by Gasteiger charge is -2.21. The summed E-state index contributed by atoms with van der Waals surface area (Å²) in [4.78, 5) is 12.5. The number of aliphatic hydroxyl groups excluding tert-OH is 1. The summed E-state index contributed by atoms with van der Waals surface area (Å²) in [6.07, 6.45) is 61.5. The molecule has 0 aliphatic heterocycles. The van der Waals surface area contributed by atoms with Crippen LogP contribution in [0.3, 0.4) is 0 Å². The Kier molecular flexibility index (Phi) is 40.3. The molecule has 322 valence electrons. The average Bonchev–Trinajstić information content (AvgIpc) is 3.16. The fourth-order valence-electron chi connectivity index (χ4n) is 6.43. The van der Waals surface area contributed by atoms with Gasteiger partial charge in [0.1, 0.15) is 0 Å². The van der Waals surface area contributed by atoms with Crippen LogP contribution in [-0.2, 0) is 14.9 Å². The normalized spacial score (nSPS) is 14.0. The van der Waals surface area contributed by atoms with Gasteiger partial charge >= 0.3 is 0 Å². The molecule has 6 nitrogen and oxygen atoms in total. The van der Waals surface area contributed by atoms with Crippen LogP contribution in [-0.4, -0.2) is 41.9 Å². The topological polar surface area (TPSA) is 104 Å². The summed E-state index contributed by atoms with van der Waals surface area (Å²) in [5.74, 6) is -1.03. The molecule has 0 saturated heterocycles. The third-order valence-electron chi connectivity index (χ3n) is 9.81. The van der Waals surface area contributed by atoms with Gasteiger partial charge in [0.2, 0.25) is 5.91 Å². The number of hydrogen-bond donors (Lipinski definition) is 3. The minimum Gasteiger partial charge on any atom is -0.387 e. The lowest BCUT2D eigenvalue weighted by molar-refractivity contribution is -0.122. The largest absolute Gasteiger partial charge is 0.387 e. The third kappa shape index (κ3) is 42.7. The lowest BCUT2D eigenvalue weighted by Crippen LogP contribution is -2.46. The van der Waals surface area contributed by atoms with Crippen molar-refractivity contribution in [2.75, 3.05) is 5.75 Å². The Morgan fingerprint density at radius 2 is 0.875 bits per heavy atom. The van der Waals surface area contributed by atoms with Crippen molar-refractivity contribution < 1.29 is 22.9 Å². The summed E-state index contributed by atoms with van der Waals surface area (Å²) in [6.45, 7) is 4.42. The van der Waals surface area contributed by atoms with E-state index in [2.05, 4.69) is 92.1 Å². The van der Waals surface area contributed by atoms with E-state index in [0.717, 1.165) is 77.0 Å². The second kappa shape index (κ2) is 42.1. The zero-order valence-corrected chi connectivity index (χ0v) is 36.8. The Morgan fingerprint density at radius 1 is 0.500 bits per heavy atom. The van der Waals surface area contributed by atoms with E-state index in [1.54, 1.807) is 0 Å². The van der Waals surface area contributed by atoms with Gasteiger partial charge in [-0.15, -0.1) is 0 Å². The summed E-state index contributed by atoms with van der Waals surface area (Å²) >= 11 is 0. The lowest BCUT2D eigenvalue weighted by atomic mass is 10.0. The first kappa shape index (κ1) is 53.5. The van der Waals surface area contributed by atoms with Crippen LogP contribution in [0.1, 0.15) is 200 Å². The minimum absolute atomic E-state index is 0.261. The molecule has 0 aliphatic rings. The summed E-state index contributed by atoms with van der Waals surface area (Å²) in [5.41, 5.74) is 0. The van der Waals surface area contributed by atoms with E-state index in [9.17, 15) is 22.9 Å². The van der Waals surface area contributed by atoms with E-state index in [0.29, 0.717) is 12.8 Å². The van der Waals surface area contributed by atoms with E-state index in [1.807, 2.05) is 6.08 Å². The molecule has 0 heterocycles. The smallest absolute Gasteiger partial charge is 0.267 e. The van der Waals surface area contributed by atoms with Crippen molar-refractivity contribution in [2.45, 2.75) is 212 Å². The van der Waals surface area contributed by atoms with Gasteiger partial charge in [0.15, 0.2) is 0 Å². The van der Waals surface area contributed by atoms with Crippen molar-refractivity contribution in [1.82, 2.24) is 5.32 Å². The van der Waals surface area contributed by atoms with Crippen LogP contribution in [0.2, 0.25) is 0 Å². The number of aliphatic hydroxyl groups is 1. The molecule has 0 spiro atoms.